The maximum absolute atomic E-state index is 12.2. The van der Waals surface area contributed by atoms with Crippen molar-refractivity contribution in [2.24, 2.45) is 0 Å². The number of nitrogens with one attached hydrogen (secondary N) is 2. The summed E-state index contributed by atoms with van der Waals surface area (Å²) in [6.07, 6.45) is 3.86. The lowest BCUT2D eigenvalue weighted by Gasteiger charge is -2.07. The van der Waals surface area contributed by atoms with Crippen LogP contribution in [0.25, 0.3) is 10.8 Å². The summed E-state index contributed by atoms with van der Waals surface area (Å²) in [5, 5.41) is 10.0. The van der Waals surface area contributed by atoms with Gasteiger partial charge in [0.05, 0.1) is 5.39 Å². The molecular formula is C15H14N4O2. The molecule has 1 aromatic carbocycles. The predicted molar refractivity (Wildman–Crippen MR) is 79.1 cm³/mol. The van der Waals surface area contributed by atoms with Gasteiger partial charge in [-0.1, -0.05) is 18.2 Å². The van der Waals surface area contributed by atoms with Crippen molar-refractivity contribution in [3.8, 4) is 0 Å². The maximum Gasteiger partial charge on any atom is 0.272 e. The molecule has 2 heterocycles. The SMILES string of the molecule is O=C(NCCn1cccc1)c1n[nH]c(=O)c2ccccc12. The van der Waals surface area contributed by atoms with Crippen molar-refractivity contribution in [1.29, 1.82) is 0 Å². The van der Waals surface area contributed by atoms with Crippen molar-refractivity contribution in [2.75, 3.05) is 6.54 Å². The maximum atomic E-state index is 12.2. The molecule has 0 saturated carbocycles. The Balaban J connectivity index is 1.78. The molecule has 6 nitrogen and oxygen atoms in total. The van der Waals surface area contributed by atoms with E-state index in [9.17, 15) is 9.59 Å². The normalized spacial score (nSPS) is 10.7. The summed E-state index contributed by atoms with van der Waals surface area (Å²) >= 11 is 0. The third-order valence-corrected chi connectivity index (χ3v) is 3.23. The molecule has 0 aliphatic carbocycles. The summed E-state index contributed by atoms with van der Waals surface area (Å²) in [4.78, 5) is 23.9. The molecule has 0 spiro atoms. The molecule has 6 heteroatoms. The summed E-state index contributed by atoms with van der Waals surface area (Å²) in [5.74, 6) is -0.297. The Labute approximate surface area is 120 Å². The molecule has 0 unspecified atom stereocenters. The summed E-state index contributed by atoms with van der Waals surface area (Å²) in [5.41, 5.74) is -0.0628. The van der Waals surface area contributed by atoms with Crippen LogP contribution in [-0.2, 0) is 6.54 Å². The van der Waals surface area contributed by atoms with Gasteiger partial charge in [0.25, 0.3) is 11.5 Å². The van der Waals surface area contributed by atoms with Crippen LogP contribution in [0.1, 0.15) is 10.5 Å². The van der Waals surface area contributed by atoms with E-state index in [0.717, 1.165) is 0 Å². The van der Waals surface area contributed by atoms with Gasteiger partial charge in [0.15, 0.2) is 5.69 Å². The second-order valence-corrected chi connectivity index (χ2v) is 4.62. The minimum Gasteiger partial charge on any atom is -0.353 e. The molecule has 0 aliphatic rings. The first kappa shape index (κ1) is 13.1. The number of carbonyl (C=O) groups is 1. The minimum atomic E-state index is -0.297. The van der Waals surface area contributed by atoms with Gasteiger partial charge in [-0.25, -0.2) is 5.10 Å². The zero-order chi connectivity index (χ0) is 14.7. The van der Waals surface area contributed by atoms with Gasteiger partial charge in [0.2, 0.25) is 0 Å². The van der Waals surface area contributed by atoms with Crippen LogP contribution in [-0.4, -0.2) is 27.2 Å². The largest absolute Gasteiger partial charge is 0.353 e. The number of hydrogen-bond donors (Lipinski definition) is 2. The standard InChI is InChI=1S/C15H14N4O2/c20-14-12-6-2-1-5-11(12)13(17-18-14)15(21)16-7-10-19-8-3-4-9-19/h1-6,8-9H,7,10H2,(H,16,21)(H,18,20). The number of carbonyl (C=O) groups excluding carboxylic acids is 1. The fraction of sp³-hybridized carbons (Fsp3) is 0.133. The minimum absolute atomic E-state index is 0.234. The fourth-order valence-corrected chi connectivity index (χ4v) is 2.19. The topological polar surface area (TPSA) is 79.8 Å². The van der Waals surface area contributed by atoms with Gasteiger partial charge < -0.3 is 9.88 Å². The van der Waals surface area contributed by atoms with Crippen molar-refractivity contribution in [2.45, 2.75) is 6.54 Å². The predicted octanol–water partition coefficient (Wildman–Crippen LogP) is 1.15. The van der Waals surface area contributed by atoms with Crippen LogP contribution < -0.4 is 10.9 Å². The number of nitrogens with zero attached hydrogens (tertiary/aromatic N) is 2. The molecule has 0 atom stereocenters. The van der Waals surface area contributed by atoms with Crippen LogP contribution in [0.15, 0.2) is 53.6 Å². The van der Waals surface area contributed by atoms with Crippen LogP contribution in [0.2, 0.25) is 0 Å². The average Bonchev–Trinajstić information content (AvgIpc) is 3.01. The highest BCUT2D eigenvalue weighted by Crippen LogP contribution is 2.11. The second-order valence-electron chi connectivity index (χ2n) is 4.62. The van der Waals surface area contributed by atoms with Crippen molar-refractivity contribution in [3.05, 3.63) is 64.8 Å². The zero-order valence-electron chi connectivity index (χ0n) is 11.2. The Morgan fingerprint density at radius 1 is 1.14 bits per heavy atom. The van der Waals surface area contributed by atoms with Crippen LogP contribution in [0.3, 0.4) is 0 Å². The number of amides is 1. The zero-order valence-corrected chi connectivity index (χ0v) is 11.2. The Morgan fingerprint density at radius 2 is 1.86 bits per heavy atom. The smallest absolute Gasteiger partial charge is 0.272 e. The molecule has 0 bridgehead atoms. The summed E-state index contributed by atoms with van der Waals surface area (Å²) in [7, 11) is 0. The van der Waals surface area contributed by atoms with Crippen LogP contribution >= 0.6 is 0 Å². The number of H-pyrrole nitrogens is 1. The van der Waals surface area contributed by atoms with Crippen molar-refractivity contribution in [3.63, 3.8) is 0 Å². The van der Waals surface area contributed by atoms with E-state index in [2.05, 4.69) is 15.5 Å². The number of aromatic amines is 1. The molecule has 21 heavy (non-hydrogen) atoms. The summed E-state index contributed by atoms with van der Waals surface area (Å²) in [6, 6.07) is 10.8. The molecule has 3 rings (SSSR count). The third-order valence-electron chi connectivity index (χ3n) is 3.23. The van der Waals surface area contributed by atoms with E-state index < -0.39 is 0 Å². The molecular weight excluding hydrogens is 268 g/mol. The quantitative estimate of drug-likeness (QED) is 0.753. The number of rotatable bonds is 4. The first-order chi connectivity index (χ1) is 10.3. The molecule has 2 N–H and O–H groups in total. The lowest BCUT2D eigenvalue weighted by Crippen LogP contribution is -2.29. The van der Waals surface area contributed by atoms with Gasteiger partial charge in [-0.3, -0.25) is 9.59 Å². The molecule has 3 aromatic rings. The van der Waals surface area contributed by atoms with Gasteiger partial charge in [0, 0.05) is 30.9 Å². The Morgan fingerprint density at radius 3 is 2.62 bits per heavy atom. The molecule has 1 amide bonds. The van der Waals surface area contributed by atoms with E-state index >= 15 is 0 Å². The number of hydrogen-bond acceptors (Lipinski definition) is 3. The highest BCUT2D eigenvalue weighted by Gasteiger charge is 2.13. The van der Waals surface area contributed by atoms with Crippen molar-refractivity contribution in [1.82, 2.24) is 20.1 Å². The lowest BCUT2D eigenvalue weighted by molar-refractivity contribution is 0.0948. The lowest BCUT2D eigenvalue weighted by atomic mass is 10.1. The van der Waals surface area contributed by atoms with Gasteiger partial charge in [-0.05, 0) is 18.2 Å². The number of fused-ring (bicyclic) bond motifs is 1. The third kappa shape index (κ3) is 2.69. The first-order valence-corrected chi connectivity index (χ1v) is 6.62. The Kier molecular flexibility index (Phi) is 3.51. The van der Waals surface area contributed by atoms with E-state index in [1.54, 1.807) is 24.3 Å². The first-order valence-electron chi connectivity index (χ1n) is 6.62. The van der Waals surface area contributed by atoms with Gasteiger partial charge in [-0.2, -0.15) is 5.10 Å². The van der Waals surface area contributed by atoms with E-state index in [0.29, 0.717) is 23.9 Å². The van der Waals surface area contributed by atoms with Crippen LogP contribution in [0, 0.1) is 0 Å². The molecule has 0 fully saturated rings. The van der Waals surface area contributed by atoms with E-state index in [1.807, 2.05) is 29.1 Å². The monoisotopic (exact) mass is 282 g/mol. The Hall–Kier alpha value is -2.89. The van der Waals surface area contributed by atoms with Gasteiger partial charge in [-0.15, -0.1) is 0 Å². The number of aromatic nitrogens is 3. The molecule has 0 saturated heterocycles. The van der Waals surface area contributed by atoms with Gasteiger partial charge >= 0.3 is 0 Å². The van der Waals surface area contributed by atoms with Crippen molar-refractivity contribution < 1.29 is 4.79 Å². The average molecular weight is 282 g/mol. The van der Waals surface area contributed by atoms with Crippen LogP contribution in [0.5, 0.6) is 0 Å². The molecule has 2 aromatic heterocycles. The van der Waals surface area contributed by atoms with E-state index in [1.165, 1.54) is 0 Å². The molecule has 0 aliphatic heterocycles. The molecule has 106 valence electrons. The van der Waals surface area contributed by atoms with Crippen LogP contribution in [0.4, 0.5) is 0 Å². The summed E-state index contributed by atoms with van der Waals surface area (Å²) < 4.78 is 1.97. The fourth-order valence-electron chi connectivity index (χ4n) is 2.19. The number of benzene rings is 1. The highest BCUT2D eigenvalue weighted by atomic mass is 16.2. The second kappa shape index (κ2) is 5.62. The molecule has 0 radical (unpaired) electrons. The van der Waals surface area contributed by atoms with Crippen molar-refractivity contribution >= 4 is 16.7 Å². The Bertz CT molecular complexity index is 821. The summed E-state index contributed by atoms with van der Waals surface area (Å²) in [6.45, 7) is 1.17. The highest BCUT2D eigenvalue weighted by molar-refractivity contribution is 6.04. The van der Waals surface area contributed by atoms with E-state index in [4.69, 9.17) is 0 Å². The van der Waals surface area contributed by atoms with E-state index in [-0.39, 0.29) is 17.2 Å². The van der Waals surface area contributed by atoms with Gasteiger partial charge in [0.1, 0.15) is 0 Å².